The minimum atomic E-state index is -0.318. The first kappa shape index (κ1) is 11.1. The van der Waals surface area contributed by atoms with Gasteiger partial charge in [-0.1, -0.05) is 35.5 Å². The Bertz CT molecular complexity index is 444. The highest BCUT2D eigenvalue weighted by Crippen LogP contribution is 2.22. The fraction of sp³-hybridized carbons (Fsp3) is 0.273. The van der Waals surface area contributed by atoms with Gasteiger partial charge in [0.15, 0.2) is 0 Å². The summed E-state index contributed by atoms with van der Waals surface area (Å²) in [5.74, 6) is 1.09. The topological polar surface area (TPSA) is 48.2 Å². The number of hydrogen-bond acceptors (Lipinski definition) is 4. The number of hydrogen-bond donors (Lipinski definition) is 0. The molecule has 1 atom stereocenters. The smallest absolute Gasteiger partial charge is 0.241 e. The van der Waals surface area contributed by atoms with Crippen LogP contribution in [0.4, 0.5) is 0 Å². The van der Waals surface area contributed by atoms with Crippen LogP contribution in [0.25, 0.3) is 0 Å². The largest absolute Gasteiger partial charge is 0.369 e. The van der Waals surface area contributed by atoms with Crippen molar-refractivity contribution < 1.29 is 9.26 Å². The zero-order valence-corrected chi connectivity index (χ0v) is 9.52. The van der Waals surface area contributed by atoms with Crippen LogP contribution in [0.3, 0.4) is 0 Å². The summed E-state index contributed by atoms with van der Waals surface area (Å²) in [6, 6.07) is 9.71. The number of benzene rings is 1. The average Bonchev–Trinajstić information content (AvgIpc) is 2.80. The van der Waals surface area contributed by atoms with Crippen molar-refractivity contribution >= 4 is 11.6 Å². The molecule has 5 heteroatoms. The maximum absolute atomic E-state index is 5.60. The van der Waals surface area contributed by atoms with Crippen molar-refractivity contribution in [1.82, 2.24) is 10.1 Å². The normalized spacial score (nSPS) is 12.6. The lowest BCUT2D eigenvalue weighted by Crippen LogP contribution is -2.05. The van der Waals surface area contributed by atoms with Gasteiger partial charge in [-0.15, -0.1) is 11.6 Å². The first-order chi connectivity index (χ1) is 7.85. The van der Waals surface area contributed by atoms with Gasteiger partial charge in [-0.25, -0.2) is 0 Å². The second-order valence-electron chi connectivity index (χ2n) is 3.21. The van der Waals surface area contributed by atoms with Gasteiger partial charge in [-0.2, -0.15) is 4.98 Å². The Labute approximate surface area is 98.2 Å². The van der Waals surface area contributed by atoms with Crippen LogP contribution in [0, 0.1) is 0 Å². The van der Waals surface area contributed by atoms with E-state index in [4.69, 9.17) is 20.9 Å². The first-order valence-electron chi connectivity index (χ1n) is 4.81. The third-order valence-electron chi connectivity index (χ3n) is 2.17. The Morgan fingerprint density at radius 1 is 1.38 bits per heavy atom. The summed E-state index contributed by atoms with van der Waals surface area (Å²) in [5.41, 5.74) is 0.979. The van der Waals surface area contributed by atoms with E-state index >= 15 is 0 Å². The van der Waals surface area contributed by atoms with Gasteiger partial charge in [0, 0.05) is 7.11 Å². The van der Waals surface area contributed by atoms with Gasteiger partial charge in [0.2, 0.25) is 11.7 Å². The number of rotatable bonds is 4. The number of alkyl halides is 1. The second-order valence-corrected chi connectivity index (χ2v) is 3.47. The van der Waals surface area contributed by atoms with Crippen LogP contribution in [-0.4, -0.2) is 17.3 Å². The number of halogens is 1. The number of ether oxygens (including phenoxy) is 1. The highest BCUT2D eigenvalue weighted by Gasteiger charge is 2.19. The molecule has 0 amide bonds. The van der Waals surface area contributed by atoms with E-state index < -0.39 is 0 Å². The van der Waals surface area contributed by atoms with E-state index in [2.05, 4.69) is 10.1 Å². The van der Waals surface area contributed by atoms with Gasteiger partial charge >= 0.3 is 0 Å². The lowest BCUT2D eigenvalue weighted by molar-refractivity contribution is 0.126. The van der Waals surface area contributed by atoms with Gasteiger partial charge in [-0.05, 0) is 5.56 Å². The molecule has 2 rings (SSSR count). The van der Waals surface area contributed by atoms with Crippen molar-refractivity contribution in [2.24, 2.45) is 0 Å². The molecule has 0 fully saturated rings. The second kappa shape index (κ2) is 5.09. The van der Waals surface area contributed by atoms with Crippen LogP contribution in [0.2, 0.25) is 0 Å². The van der Waals surface area contributed by atoms with Crippen molar-refractivity contribution in [3.63, 3.8) is 0 Å². The van der Waals surface area contributed by atoms with Crippen molar-refractivity contribution in [2.45, 2.75) is 12.0 Å². The zero-order chi connectivity index (χ0) is 11.4. The number of methoxy groups -OCH3 is 1. The molecule has 1 aromatic carbocycles. The summed E-state index contributed by atoms with van der Waals surface area (Å²) in [7, 11) is 1.61. The van der Waals surface area contributed by atoms with Gasteiger partial charge in [0.05, 0.1) is 0 Å². The molecule has 0 unspecified atom stereocenters. The lowest BCUT2D eigenvalue weighted by atomic mass is 10.1. The highest BCUT2D eigenvalue weighted by atomic mass is 35.5. The predicted molar refractivity (Wildman–Crippen MR) is 59.1 cm³/mol. The molecule has 0 aliphatic carbocycles. The van der Waals surface area contributed by atoms with Crippen LogP contribution in [0.1, 0.15) is 23.4 Å². The Morgan fingerprint density at radius 2 is 2.12 bits per heavy atom. The van der Waals surface area contributed by atoms with E-state index in [1.165, 1.54) is 0 Å². The summed E-state index contributed by atoms with van der Waals surface area (Å²) >= 11 is 5.60. The summed E-state index contributed by atoms with van der Waals surface area (Å²) in [4.78, 5) is 4.14. The molecule has 4 nitrogen and oxygen atoms in total. The SMILES string of the molecule is CO[C@@H](c1ccccc1)c1noc(CCl)n1. The molecule has 0 aliphatic heterocycles. The van der Waals surface area contributed by atoms with Crippen molar-refractivity contribution in [3.05, 3.63) is 47.6 Å². The van der Waals surface area contributed by atoms with E-state index in [-0.39, 0.29) is 12.0 Å². The fourth-order valence-corrected chi connectivity index (χ4v) is 1.56. The van der Waals surface area contributed by atoms with Crippen molar-refractivity contribution in [3.8, 4) is 0 Å². The number of nitrogens with zero attached hydrogens (tertiary/aromatic N) is 2. The van der Waals surface area contributed by atoms with Gasteiger partial charge < -0.3 is 9.26 Å². The maximum atomic E-state index is 5.60. The minimum absolute atomic E-state index is 0.207. The molecule has 0 saturated heterocycles. The van der Waals surface area contributed by atoms with E-state index in [9.17, 15) is 0 Å². The molecule has 16 heavy (non-hydrogen) atoms. The monoisotopic (exact) mass is 238 g/mol. The summed E-state index contributed by atoms with van der Waals surface area (Å²) in [5, 5.41) is 3.84. The summed E-state index contributed by atoms with van der Waals surface area (Å²) in [6.07, 6.45) is -0.318. The molecular weight excluding hydrogens is 228 g/mol. The quantitative estimate of drug-likeness (QED) is 0.768. The van der Waals surface area contributed by atoms with Crippen LogP contribution >= 0.6 is 11.6 Å². The van der Waals surface area contributed by atoms with Crippen molar-refractivity contribution in [2.75, 3.05) is 7.11 Å². The Balaban J connectivity index is 2.29. The third kappa shape index (κ3) is 2.23. The van der Waals surface area contributed by atoms with Crippen LogP contribution in [0.15, 0.2) is 34.9 Å². The fourth-order valence-electron chi connectivity index (χ4n) is 1.45. The van der Waals surface area contributed by atoms with Crippen LogP contribution in [0.5, 0.6) is 0 Å². The molecule has 0 aliphatic rings. The van der Waals surface area contributed by atoms with Gasteiger partial charge in [-0.3, -0.25) is 0 Å². The lowest BCUT2D eigenvalue weighted by Gasteiger charge is -2.10. The van der Waals surface area contributed by atoms with Gasteiger partial charge in [0.25, 0.3) is 0 Å². The van der Waals surface area contributed by atoms with Crippen molar-refractivity contribution in [1.29, 1.82) is 0 Å². The van der Waals surface area contributed by atoms with E-state index in [0.717, 1.165) is 5.56 Å². The molecule has 1 heterocycles. The zero-order valence-electron chi connectivity index (χ0n) is 8.76. The Hall–Kier alpha value is -1.39. The van der Waals surface area contributed by atoms with E-state index in [1.807, 2.05) is 30.3 Å². The van der Waals surface area contributed by atoms with E-state index in [0.29, 0.717) is 11.7 Å². The van der Waals surface area contributed by atoms with Gasteiger partial charge in [0.1, 0.15) is 12.0 Å². The summed E-state index contributed by atoms with van der Waals surface area (Å²) in [6.45, 7) is 0. The number of aromatic nitrogens is 2. The Morgan fingerprint density at radius 3 is 2.69 bits per heavy atom. The molecule has 84 valence electrons. The maximum Gasteiger partial charge on any atom is 0.241 e. The highest BCUT2D eigenvalue weighted by molar-refractivity contribution is 6.16. The predicted octanol–water partition coefficient (Wildman–Crippen LogP) is 2.54. The first-order valence-corrected chi connectivity index (χ1v) is 5.34. The van der Waals surface area contributed by atoms with Crippen LogP contribution in [-0.2, 0) is 10.6 Å². The molecule has 0 bridgehead atoms. The molecule has 1 aromatic heterocycles. The van der Waals surface area contributed by atoms with Crippen LogP contribution < -0.4 is 0 Å². The minimum Gasteiger partial charge on any atom is -0.369 e. The molecule has 0 N–H and O–H groups in total. The molecule has 2 aromatic rings. The third-order valence-corrected chi connectivity index (χ3v) is 2.40. The average molecular weight is 239 g/mol. The summed E-state index contributed by atoms with van der Waals surface area (Å²) < 4.78 is 10.3. The molecule has 0 saturated carbocycles. The molecule has 0 radical (unpaired) electrons. The molecule has 0 spiro atoms. The Kier molecular flexibility index (Phi) is 3.54. The molecular formula is C11H11ClN2O2. The standard InChI is InChI=1S/C11H11ClN2O2/c1-15-10(8-5-3-2-4-6-8)11-13-9(7-12)16-14-11/h2-6,10H,7H2,1H3/t10-/m0/s1. The van der Waals surface area contributed by atoms with E-state index in [1.54, 1.807) is 7.11 Å².